The monoisotopic (exact) mass is 387 g/mol. The summed E-state index contributed by atoms with van der Waals surface area (Å²) < 4.78 is 10.6. The number of carbonyl (C=O) groups excluding carboxylic acids is 1. The van der Waals surface area contributed by atoms with E-state index in [1.807, 2.05) is 30.0 Å². The summed E-state index contributed by atoms with van der Waals surface area (Å²) in [4.78, 5) is 14.6. The lowest BCUT2D eigenvalue weighted by Crippen LogP contribution is -2.48. The molecule has 0 spiro atoms. The smallest absolute Gasteiger partial charge is 0.338 e. The maximum atomic E-state index is 12.7. The summed E-state index contributed by atoms with van der Waals surface area (Å²) in [5.74, 6) is 0.628. The molecule has 1 aliphatic rings. The minimum atomic E-state index is -0.398. The Labute approximate surface area is 165 Å². The topological polar surface area (TPSA) is 74.6 Å². The van der Waals surface area contributed by atoms with Crippen molar-refractivity contribution in [2.75, 3.05) is 19.8 Å². The highest BCUT2D eigenvalue weighted by Gasteiger charge is 2.34. The number of carbonyl (C=O) groups is 1. The van der Waals surface area contributed by atoms with Crippen LogP contribution in [0.1, 0.15) is 39.3 Å². The lowest BCUT2D eigenvalue weighted by molar-refractivity contribution is -0.139. The Balaban J connectivity index is 2.41. The van der Waals surface area contributed by atoms with Gasteiger partial charge in [-0.15, -0.1) is 0 Å². The molecule has 1 N–H and O–H groups in total. The van der Waals surface area contributed by atoms with Gasteiger partial charge in [0.25, 0.3) is 0 Å². The van der Waals surface area contributed by atoms with Gasteiger partial charge in [0.15, 0.2) is 11.7 Å². The number of thiocarbonyl (C=S) groups is 1. The Hall–Kier alpha value is -2.59. The van der Waals surface area contributed by atoms with E-state index in [2.05, 4.69) is 19.2 Å². The number of esters is 1. The second-order valence-corrected chi connectivity index (χ2v) is 7.01. The molecular formula is C20H25N3O3S. The van der Waals surface area contributed by atoms with Crippen LogP contribution in [0.4, 0.5) is 0 Å². The molecule has 0 aliphatic carbocycles. The zero-order valence-corrected chi connectivity index (χ0v) is 16.9. The maximum absolute atomic E-state index is 12.7. The first-order valence-electron chi connectivity index (χ1n) is 8.94. The number of nitrogens with one attached hydrogen (secondary N) is 1. The second kappa shape index (κ2) is 9.38. The predicted molar refractivity (Wildman–Crippen MR) is 107 cm³/mol. The van der Waals surface area contributed by atoms with E-state index in [4.69, 9.17) is 27.0 Å². The molecule has 0 aromatic heterocycles. The number of nitriles is 1. The summed E-state index contributed by atoms with van der Waals surface area (Å²) in [6.07, 6.45) is 0. The highest BCUT2D eigenvalue weighted by molar-refractivity contribution is 7.80. The Morgan fingerprint density at radius 3 is 2.59 bits per heavy atom. The predicted octanol–water partition coefficient (Wildman–Crippen LogP) is 3.31. The summed E-state index contributed by atoms with van der Waals surface area (Å²) in [5, 5.41) is 12.5. The number of hydrogen-bond donors (Lipinski definition) is 1. The molecule has 0 fully saturated rings. The van der Waals surface area contributed by atoms with Gasteiger partial charge in [0.1, 0.15) is 11.8 Å². The van der Waals surface area contributed by atoms with Gasteiger partial charge in [-0.1, -0.05) is 26.0 Å². The van der Waals surface area contributed by atoms with Crippen LogP contribution in [0.2, 0.25) is 0 Å². The van der Waals surface area contributed by atoms with Gasteiger partial charge in [-0.05, 0) is 49.7 Å². The fraction of sp³-hybridized carbons (Fsp3) is 0.450. The molecule has 1 heterocycles. The van der Waals surface area contributed by atoms with Crippen molar-refractivity contribution in [3.63, 3.8) is 0 Å². The lowest BCUT2D eigenvalue weighted by atomic mass is 9.94. The molecule has 27 heavy (non-hydrogen) atoms. The van der Waals surface area contributed by atoms with Crippen molar-refractivity contribution in [3.8, 4) is 11.8 Å². The molecule has 1 aromatic rings. The Kier molecular flexibility index (Phi) is 7.19. The molecule has 0 unspecified atom stereocenters. The first kappa shape index (κ1) is 20.7. The van der Waals surface area contributed by atoms with Gasteiger partial charge in [-0.3, -0.25) is 0 Å². The first-order chi connectivity index (χ1) is 12.9. The van der Waals surface area contributed by atoms with Gasteiger partial charge in [0.2, 0.25) is 0 Å². The quantitative estimate of drug-likeness (QED) is 0.568. The number of nitrogens with zero attached hydrogens (tertiary/aromatic N) is 2. The van der Waals surface area contributed by atoms with E-state index < -0.39 is 6.04 Å². The summed E-state index contributed by atoms with van der Waals surface area (Å²) >= 11 is 5.55. The van der Waals surface area contributed by atoms with E-state index in [9.17, 15) is 4.79 Å². The van der Waals surface area contributed by atoms with Crippen LogP contribution in [0.5, 0.6) is 5.75 Å². The molecule has 1 atom stereocenters. The normalized spacial score (nSPS) is 16.8. The highest BCUT2D eigenvalue weighted by Crippen LogP contribution is 2.32. The minimum absolute atomic E-state index is 0.0115. The van der Waals surface area contributed by atoms with Gasteiger partial charge >= 0.3 is 5.97 Å². The summed E-state index contributed by atoms with van der Waals surface area (Å²) in [5.41, 5.74) is 2.23. The average Bonchev–Trinajstić information content (AvgIpc) is 2.63. The van der Waals surface area contributed by atoms with Crippen molar-refractivity contribution in [1.82, 2.24) is 10.2 Å². The van der Waals surface area contributed by atoms with Crippen LogP contribution in [0, 0.1) is 17.2 Å². The largest absolute Gasteiger partial charge is 0.479 e. The van der Waals surface area contributed by atoms with E-state index in [0.29, 0.717) is 35.5 Å². The summed E-state index contributed by atoms with van der Waals surface area (Å²) in [6, 6.07) is 8.80. The van der Waals surface area contributed by atoms with Crippen LogP contribution in [-0.2, 0) is 9.53 Å². The van der Waals surface area contributed by atoms with Crippen molar-refractivity contribution < 1.29 is 14.3 Å². The maximum Gasteiger partial charge on any atom is 0.338 e. The third kappa shape index (κ3) is 4.98. The van der Waals surface area contributed by atoms with Gasteiger partial charge < -0.3 is 19.7 Å². The number of allylic oxidation sites excluding steroid dienone is 1. The highest BCUT2D eigenvalue weighted by atomic mass is 32.1. The Morgan fingerprint density at radius 1 is 1.37 bits per heavy atom. The van der Waals surface area contributed by atoms with Crippen molar-refractivity contribution in [2.24, 2.45) is 5.92 Å². The van der Waals surface area contributed by atoms with Crippen LogP contribution >= 0.6 is 12.2 Å². The van der Waals surface area contributed by atoms with Gasteiger partial charge in [-0.2, -0.15) is 5.26 Å². The number of hydrogen-bond acceptors (Lipinski definition) is 5. The lowest BCUT2D eigenvalue weighted by Gasteiger charge is -2.38. The fourth-order valence-corrected chi connectivity index (χ4v) is 3.29. The van der Waals surface area contributed by atoms with Gasteiger partial charge in [0.05, 0.1) is 18.2 Å². The van der Waals surface area contributed by atoms with Crippen molar-refractivity contribution in [1.29, 1.82) is 5.26 Å². The number of benzene rings is 1. The van der Waals surface area contributed by atoms with Crippen LogP contribution < -0.4 is 10.1 Å². The molecule has 0 amide bonds. The van der Waals surface area contributed by atoms with E-state index in [1.54, 1.807) is 19.1 Å². The summed E-state index contributed by atoms with van der Waals surface area (Å²) in [7, 11) is 0. The van der Waals surface area contributed by atoms with Crippen LogP contribution in [0.25, 0.3) is 0 Å². The Morgan fingerprint density at radius 2 is 2.04 bits per heavy atom. The van der Waals surface area contributed by atoms with E-state index in [1.165, 1.54) is 0 Å². The Bertz CT molecular complexity index is 766. The minimum Gasteiger partial charge on any atom is -0.479 e. The van der Waals surface area contributed by atoms with Crippen LogP contribution in [0.15, 0.2) is 35.5 Å². The molecule has 1 aromatic carbocycles. The third-order valence-corrected chi connectivity index (χ3v) is 4.49. The third-order valence-electron chi connectivity index (χ3n) is 4.16. The van der Waals surface area contributed by atoms with Gasteiger partial charge in [0, 0.05) is 12.2 Å². The molecule has 6 nitrogen and oxygen atoms in total. The molecular weight excluding hydrogens is 362 g/mol. The van der Waals surface area contributed by atoms with E-state index in [-0.39, 0.29) is 12.6 Å². The number of ether oxygens (including phenoxy) is 2. The SMILES string of the molecule is CCOC(=O)C1=C(C)N(CC(C)C)C(=S)N[C@@H]1c1ccc(OCC#N)cc1. The zero-order chi connectivity index (χ0) is 20.0. The zero-order valence-electron chi connectivity index (χ0n) is 16.1. The van der Waals surface area contributed by atoms with Crippen LogP contribution in [0.3, 0.4) is 0 Å². The van der Waals surface area contributed by atoms with Crippen LogP contribution in [-0.4, -0.2) is 35.7 Å². The first-order valence-corrected chi connectivity index (χ1v) is 9.35. The van der Waals surface area contributed by atoms with E-state index in [0.717, 1.165) is 11.3 Å². The standard InChI is InChI=1S/C20H25N3O3S/c1-5-25-19(24)17-14(4)23(12-13(2)3)20(27)22-18(17)15-6-8-16(9-7-15)26-11-10-21/h6-9,13,18H,5,11-12H2,1-4H3,(H,22,27)/t18-/m1/s1. The molecule has 7 heteroatoms. The molecule has 144 valence electrons. The molecule has 0 saturated carbocycles. The molecule has 0 bridgehead atoms. The fourth-order valence-electron chi connectivity index (χ4n) is 2.96. The number of rotatable bonds is 7. The van der Waals surface area contributed by atoms with Gasteiger partial charge in [-0.25, -0.2) is 4.79 Å². The second-order valence-electron chi connectivity index (χ2n) is 6.62. The van der Waals surface area contributed by atoms with E-state index >= 15 is 0 Å². The van der Waals surface area contributed by atoms with Crippen molar-refractivity contribution in [2.45, 2.75) is 33.7 Å². The molecule has 1 aliphatic heterocycles. The van der Waals surface area contributed by atoms with Crippen molar-refractivity contribution in [3.05, 3.63) is 41.1 Å². The average molecular weight is 388 g/mol. The molecule has 2 rings (SSSR count). The van der Waals surface area contributed by atoms with Crippen molar-refractivity contribution >= 4 is 23.3 Å². The summed E-state index contributed by atoms with van der Waals surface area (Å²) in [6.45, 7) is 8.91. The molecule has 0 saturated heterocycles. The molecule has 0 radical (unpaired) electrons.